The van der Waals surface area contributed by atoms with Crippen LogP contribution in [0.3, 0.4) is 0 Å². The SMILES string of the molecule is COCCN1C(=O)c2ccccc2Sc2cc(NC(=O)c3ccc(OC)cc3)ccc21. The molecule has 0 fully saturated rings. The van der Waals surface area contributed by atoms with Gasteiger partial charge >= 0.3 is 0 Å². The van der Waals surface area contributed by atoms with Crippen molar-refractivity contribution in [3.63, 3.8) is 0 Å². The lowest BCUT2D eigenvalue weighted by molar-refractivity contribution is 0.0972. The van der Waals surface area contributed by atoms with Crippen LogP contribution in [0.15, 0.2) is 76.5 Å². The number of ether oxygens (including phenoxy) is 2. The topological polar surface area (TPSA) is 67.9 Å². The van der Waals surface area contributed by atoms with E-state index in [2.05, 4.69) is 5.32 Å². The monoisotopic (exact) mass is 434 g/mol. The van der Waals surface area contributed by atoms with Gasteiger partial charge in [0, 0.05) is 34.7 Å². The molecule has 0 atom stereocenters. The molecule has 0 spiro atoms. The Morgan fingerprint density at radius 3 is 2.52 bits per heavy atom. The molecule has 3 aromatic carbocycles. The second-order valence-corrected chi connectivity index (χ2v) is 8.00. The summed E-state index contributed by atoms with van der Waals surface area (Å²) in [5.41, 5.74) is 2.64. The third-order valence-corrected chi connectivity index (χ3v) is 6.09. The van der Waals surface area contributed by atoms with Gasteiger partial charge in [0.15, 0.2) is 0 Å². The fourth-order valence-corrected chi connectivity index (χ4v) is 4.47. The van der Waals surface area contributed by atoms with Gasteiger partial charge in [0.2, 0.25) is 0 Å². The van der Waals surface area contributed by atoms with Crippen LogP contribution in [0.25, 0.3) is 0 Å². The van der Waals surface area contributed by atoms with Crippen molar-refractivity contribution in [1.29, 1.82) is 0 Å². The van der Waals surface area contributed by atoms with Crippen LogP contribution in [0.1, 0.15) is 20.7 Å². The van der Waals surface area contributed by atoms with Crippen molar-refractivity contribution in [3.8, 4) is 5.75 Å². The molecule has 1 heterocycles. The average Bonchev–Trinajstić information content (AvgIpc) is 2.91. The number of hydrogen-bond donors (Lipinski definition) is 1. The molecular weight excluding hydrogens is 412 g/mol. The molecule has 0 aliphatic carbocycles. The third-order valence-electron chi connectivity index (χ3n) is 4.96. The van der Waals surface area contributed by atoms with Gasteiger partial charge in [-0.3, -0.25) is 9.59 Å². The van der Waals surface area contributed by atoms with Crippen LogP contribution in [0.4, 0.5) is 11.4 Å². The van der Waals surface area contributed by atoms with Crippen LogP contribution in [0.2, 0.25) is 0 Å². The van der Waals surface area contributed by atoms with E-state index in [0.717, 1.165) is 15.5 Å². The van der Waals surface area contributed by atoms with E-state index < -0.39 is 0 Å². The van der Waals surface area contributed by atoms with Crippen molar-refractivity contribution >= 4 is 35.0 Å². The Balaban J connectivity index is 1.65. The normalized spacial score (nSPS) is 12.6. The lowest BCUT2D eigenvalue weighted by Gasteiger charge is -2.23. The van der Waals surface area contributed by atoms with Crippen molar-refractivity contribution in [1.82, 2.24) is 0 Å². The number of fused-ring (bicyclic) bond motifs is 2. The second-order valence-electron chi connectivity index (χ2n) is 6.91. The molecule has 4 rings (SSSR count). The summed E-state index contributed by atoms with van der Waals surface area (Å²) >= 11 is 1.52. The number of benzene rings is 3. The smallest absolute Gasteiger partial charge is 0.259 e. The summed E-state index contributed by atoms with van der Waals surface area (Å²) in [6.07, 6.45) is 0. The number of rotatable bonds is 6. The van der Waals surface area contributed by atoms with Gasteiger partial charge in [-0.25, -0.2) is 0 Å². The lowest BCUT2D eigenvalue weighted by atomic mass is 10.1. The molecule has 31 heavy (non-hydrogen) atoms. The van der Waals surface area contributed by atoms with Gasteiger partial charge in [-0.2, -0.15) is 0 Å². The minimum Gasteiger partial charge on any atom is -0.497 e. The van der Waals surface area contributed by atoms with Gasteiger partial charge in [0.05, 0.1) is 25.0 Å². The molecule has 1 aliphatic heterocycles. The number of carbonyl (C=O) groups is 2. The van der Waals surface area contributed by atoms with Crippen molar-refractivity contribution < 1.29 is 19.1 Å². The van der Waals surface area contributed by atoms with E-state index in [1.807, 2.05) is 42.5 Å². The van der Waals surface area contributed by atoms with Crippen molar-refractivity contribution in [2.75, 3.05) is 37.6 Å². The molecule has 6 nitrogen and oxygen atoms in total. The van der Waals surface area contributed by atoms with Crippen molar-refractivity contribution in [2.45, 2.75) is 9.79 Å². The summed E-state index contributed by atoms with van der Waals surface area (Å²) in [5.74, 6) is 0.417. The predicted octanol–water partition coefficient (Wildman–Crippen LogP) is 4.71. The minimum absolute atomic E-state index is 0.0612. The van der Waals surface area contributed by atoms with Gasteiger partial charge in [0.1, 0.15) is 5.75 Å². The number of methoxy groups -OCH3 is 2. The number of carbonyl (C=O) groups excluding carboxylic acids is 2. The molecule has 2 amide bonds. The second kappa shape index (κ2) is 9.24. The van der Waals surface area contributed by atoms with Crippen molar-refractivity contribution in [2.24, 2.45) is 0 Å². The first kappa shape index (κ1) is 21.0. The maximum absolute atomic E-state index is 13.2. The van der Waals surface area contributed by atoms with E-state index in [9.17, 15) is 9.59 Å². The van der Waals surface area contributed by atoms with E-state index in [4.69, 9.17) is 9.47 Å². The lowest BCUT2D eigenvalue weighted by Crippen LogP contribution is -2.33. The zero-order chi connectivity index (χ0) is 21.8. The van der Waals surface area contributed by atoms with Gasteiger partial charge < -0.3 is 19.7 Å². The Morgan fingerprint density at radius 2 is 1.77 bits per heavy atom. The molecule has 0 unspecified atom stereocenters. The summed E-state index contributed by atoms with van der Waals surface area (Å²) < 4.78 is 10.4. The fourth-order valence-electron chi connectivity index (χ4n) is 3.35. The van der Waals surface area contributed by atoms with Crippen LogP contribution in [-0.4, -0.2) is 39.2 Å². The molecule has 3 aromatic rings. The Bertz CT molecular complexity index is 1110. The van der Waals surface area contributed by atoms with E-state index in [0.29, 0.717) is 35.7 Å². The van der Waals surface area contributed by atoms with E-state index in [1.54, 1.807) is 43.4 Å². The third kappa shape index (κ3) is 4.42. The Labute approximate surface area is 185 Å². The fraction of sp³-hybridized carbons (Fsp3) is 0.167. The average molecular weight is 435 g/mol. The summed E-state index contributed by atoms with van der Waals surface area (Å²) in [7, 11) is 3.20. The summed E-state index contributed by atoms with van der Waals surface area (Å²) in [6.45, 7) is 0.864. The van der Waals surface area contributed by atoms with E-state index in [-0.39, 0.29) is 11.8 Å². The highest BCUT2D eigenvalue weighted by Crippen LogP contribution is 2.42. The van der Waals surface area contributed by atoms with E-state index >= 15 is 0 Å². The van der Waals surface area contributed by atoms with Gasteiger partial charge in [0.25, 0.3) is 11.8 Å². The highest BCUT2D eigenvalue weighted by Gasteiger charge is 2.27. The molecule has 7 heteroatoms. The first-order valence-electron chi connectivity index (χ1n) is 9.78. The Hall–Kier alpha value is -3.29. The largest absolute Gasteiger partial charge is 0.497 e. The highest BCUT2D eigenvalue weighted by atomic mass is 32.2. The zero-order valence-electron chi connectivity index (χ0n) is 17.3. The molecule has 158 valence electrons. The maximum atomic E-state index is 13.2. The molecular formula is C24H22N2O4S. The molecule has 0 saturated heterocycles. The molecule has 0 aromatic heterocycles. The molecule has 0 saturated carbocycles. The molecule has 1 aliphatic rings. The van der Waals surface area contributed by atoms with Crippen LogP contribution >= 0.6 is 11.8 Å². The summed E-state index contributed by atoms with van der Waals surface area (Å²) in [4.78, 5) is 29.3. The van der Waals surface area contributed by atoms with Crippen LogP contribution in [-0.2, 0) is 4.74 Å². The molecule has 1 N–H and O–H groups in total. The minimum atomic E-state index is -0.214. The van der Waals surface area contributed by atoms with Crippen molar-refractivity contribution in [3.05, 3.63) is 77.9 Å². The number of hydrogen-bond acceptors (Lipinski definition) is 5. The van der Waals surface area contributed by atoms with Gasteiger partial charge in [-0.15, -0.1) is 0 Å². The number of anilines is 2. The van der Waals surface area contributed by atoms with Crippen LogP contribution < -0.4 is 15.0 Å². The van der Waals surface area contributed by atoms with Crippen LogP contribution in [0, 0.1) is 0 Å². The maximum Gasteiger partial charge on any atom is 0.259 e. The summed E-state index contributed by atoms with van der Waals surface area (Å²) in [6, 6.07) is 20.1. The van der Waals surface area contributed by atoms with Crippen LogP contribution in [0.5, 0.6) is 5.75 Å². The molecule has 0 bridgehead atoms. The first-order valence-corrected chi connectivity index (χ1v) is 10.6. The first-order chi connectivity index (χ1) is 15.1. The number of nitrogens with zero attached hydrogens (tertiary/aromatic N) is 1. The Kier molecular flexibility index (Phi) is 6.25. The highest BCUT2D eigenvalue weighted by molar-refractivity contribution is 7.99. The zero-order valence-corrected chi connectivity index (χ0v) is 18.1. The molecule has 0 radical (unpaired) electrons. The Morgan fingerprint density at radius 1 is 1.00 bits per heavy atom. The quantitative estimate of drug-likeness (QED) is 0.609. The van der Waals surface area contributed by atoms with E-state index in [1.165, 1.54) is 11.8 Å². The number of nitrogens with one attached hydrogen (secondary N) is 1. The van der Waals surface area contributed by atoms with Gasteiger partial charge in [-0.1, -0.05) is 23.9 Å². The summed E-state index contributed by atoms with van der Waals surface area (Å²) in [5, 5.41) is 2.94. The standard InChI is InChI=1S/C24H22N2O4S/c1-29-14-13-26-20-12-9-17(25-23(27)16-7-10-18(30-2)11-8-16)15-22(20)31-21-6-4-3-5-19(21)24(26)28/h3-12,15H,13-14H2,1-2H3,(H,25,27). The number of amides is 2. The van der Waals surface area contributed by atoms with Gasteiger partial charge in [-0.05, 0) is 54.6 Å². The predicted molar refractivity (Wildman–Crippen MR) is 122 cm³/mol.